The predicted octanol–water partition coefficient (Wildman–Crippen LogP) is 2.48. The first kappa shape index (κ1) is 19.9. The molecule has 1 aromatic rings. The molecule has 7 heteroatoms. The topological polar surface area (TPSA) is 107 Å². The number of rotatable bonds is 6. The van der Waals surface area contributed by atoms with Crippen LogP contribution in [-0.4, -0.2) is 45.0 Å². The Morgan fingerprint density at radius 1 is 1.21 bits per heavy atom. The summed E-state index contributed by atoms with van der Waals surface area (Å²) in [5.74, 6) is -2.37. The van der Waals surface area contributed by atoms with E-state index in [1.165, 1.54) is 24.8 Å². The first-order chi connectivity index (χ1) is 13.2. The molecule has 0 bridgehead atoms. The van der Waals surface area contributed by atoms with Crippen molar-refractivity contribution in [2.75, 3.05) is 6.54 Å². The number of hydrogen-bond donors (Lipinski definition) is 3. The van der Waals surface area contributed by atoms with Crippen LogP contribution in [0.25, 0.3) is 0 Å². The minimum atomic E-state index is -1.22. The van der Waals surface area contributed by atoms with Gasteiger partial charge < -0.3 is 20.4 Å². The van der Waals surface area contributed by atoms with Crippen LogP contribution in [0, 0.1) is 0 Å². The van der Waals surface area contributed by atoms with Gasteiger partial charge in [-0.25, -0.2) is 0 Å². The van der Waals surface area contributed by atoms with Gasteiger partial charge in [0.05, 0.1) is 0 Å². The highest BCUT2D eigenvalue weighted by Gasteiger charge is 2.42. The van der Waals surface area contributed by atoms with Crippen LogP contribution in [0.3, 0.4) is 0 Å². The van der Waals surface area contributed by atoms with E-state index in [1.54, 1.807) is 4.90 Å². The maximum Gasteiger partial charge on any atom is 0.322 e. The maximum atomic E-state index is 13.0. The quantitative estimate of drug-likeness (QED) is 0.651. The predicted molar refractivity (Wildman–Crippen MR) is 103 cm³/mol. The maximum absolute atomic E-state index is 13.0. The van der Waals surface area contributed by atoms with E-state index in [0.29, 0.717) is 12.5 Å². The molecule has 0 atom stereocenters. The van der Waals surface area contributed by atoms with Gasteiger partial charge in [-0.1, -0.05) is 30.7 Å². The number of carboxylic acids is 1. The second kappa shape index (κ2) is 7.66. The summed E-state index contributed by atoms with van der Waals surface area (Å²) in [6, 6.07) is 8.18. The highest BCUT2D eigenvalue weighted by molar-refractivity contribution is 6.19. The molecular weight excluding hydrogens is 360 g/mol. The molecule has 1 aliphatic heterocycles. The lowest BCUT2D eigenvalue weighted by molar-refractivity contribution is -0.140. The molecule has 1 aliphatic carbocycles. The Morgan fingerprint density at radius 3 is 2.39 bits per heavy atom. The Bertz CT molecular complexity index is 822. The first-order valence-electron chi connectivity index (χ1n) is 9.52. The minimum Gasteiger partial charge on any atom is -0.511 e. The Labute approximate surface area is 164 Å². The van der Waals surface area contributed by atoms with E-state index in [1.807, 2.05) is 26.0 Å². The van der Waals surface area contributed by atoms with Gasteiger partial charge in [-0.05, 0) is 43.7 Å². The number of aliphatic carboxylic acids is 1. The average molecular weight is 386 g/mol. The van der Waals surface area contributed by atoms with Crippen LogP contribution in [0.2, 0.25) is 0 Å². The molecule has 0 radical (unpaired) electrons. The number of nitrogens with one attached hydrogen (secondary N) is 1. The van der Waals surface area contributed by atoms with Crippen LogP contribution in [0.1, 0.15) is 56.6 Å². The molecule has 7 nitrogen and oxygen atoms in total. The molecular formula is C21H26N2O5. The lowest BCUT2D eigenvalue weighted by Gasteiger charge is -2.42. The summed E-state index contributed by atoms with van der Waals surface area (Å²) in [6.07, 6.45) is 3.83. The lowest BCUT2D eigenvalue weighted by atomic mass is 9.80. The van der Waals surface area contributed by atoms with Gasteiger partial charge in [-0.15, -0.1) is 0 Å². The number of aliphatic hydroxyl groups is 1. The molecule has 0 aromatic heterocycles. The third-order valence-electron chi connectivity index (χ3n) is 5.60. The highest BCUT2D eigenvalue weighted by atomic mass is 16.4. The Hall–Kier alpha value is -2.83. The molecule has 0 unspecified atom stereocenters. The molecule has 1 aromatic carbocycles. The molecule has 1 fully saturated rings. The van der Waals surface area contributed by atoms with Crippen molar-refractivity contribution in [1.29, 1.82) is 0 Å². The van der Waals surface area contributed by atoms with Crippen molar-refractivity contribution in [2.45, 2.75) is 57.5 Å². The summed E-state index contributed by atoms with van der Waals surface area (Å²) in [4.78, 5) is 37.5. The van der Waals surface area contributed by atoms with E-state index in [9.17, 15) is 19.5 Å². The SMILES string of the molecule is CC1(C)CC(O)=C(C(=O)NCC(=O)O)C(=O)N1Cc1ccc(C2CCC2)cc1. The molecule has 0 spiro atoms. The molecule has 2 aliphatic rings. The molecule has 0 saturated heterocycles. The van der Waals surface area contributed by atoms with Gasteiger partial charge in [-0.2, -0.15) is 0 Å². The van der Waals surface area contributed by atoms with E-state index >= 15 is 0 Å². The normalized spacial score (nSPS) is 19.4. The van der Waals surface area contributed by atoms with Gasteiger partial charge in [-0.3, -0.25) is 14.4 Å². The second-order valence-electron chi connectivity index (χ2n) is 8.15. The Morgan fingerprint density at radius 2 is 1.86 bits per heavy atom. The van der Waals surface area contributed by atoms with Gasteiger partial charge >= 0.3 is 5.97 Å². The average Bonchev–Trinajstić information content (AvgIpc) is 2.56. The summed E-state index contributed by atoms with van der Waals surface area (Å²) in [6.45, 7) is 3.35. The number of aliphatic hydroxyl groups excluding tert-OH is 1. The number of carboxylic acid groups (broad SMARTS) is 1. The summed E-state index contributed by atoms with van der Waals surface area (Å²) in [5.41, 5.74) is 1.19. The van der Waals surface area contributed by atoms with E-state index in [-0.39, 0.29) is 17.8 Å². The summed E-state index contributed by atoms with van der Waals surface area (Å²) >= 11 is 0. The first-order valence-corrected chi connectivity index (χ1v) is 9.52. The number of hydrogen-bond acceptors (Lipinski definition) is 4. The number of carbonyl (C=O) groups is 3. The smallest absolute Gasteiger partial charge is 0.322 e. The van der Waals surface area contributed by atoms with E-state index in [0.717, 1.165) is 5.56 Å². The molecule has 1 heterocycles. The van der Waals surface area contributed by atoms with Gasteiger partial charge in [0, 0.05) is 18.5 Å². The zero-order chi connectivity index (χ0) is 20.5. The Kier molecular flexibility index (Phi) is 5.45. The van der Waals surface area contributed by atoms with Crippen molar-refractivity contribution in [1.82, 2.24) is 10.2 Å². The van der Waals surface area contributed by atoms with Gasteiger partial charge in [0.25, 0.3) is 11.8 Å². The fourth-order valence-corrected chi connectivity index (χ4v) is 3.70. The number of amides is 2. The van der Waals surface area contributed by atoms with Crippen molar-refractivity contribution in [3.8, 4) is 0 Å². The van der Waals surface area contributed by atoms with Crippen molar-refractivity contribution >= 4 is 17.8 Å². The van der Waals surface area contributed by atoms with E-state index < -0.39 is 29.9 Å². The zero-order valence-corrected chi connectivity index (χ0v) is 16.2. The van der Waals surface area contributed by atoms with Crippen LogP contribution in [0.5, 0.6) is 0 Å². The standard InChI is InChI=1S/C21H26N2O5/c1-21(2)10-16(24)18(19(27)22-11-17(25)26)20(28)23(21)12-13-6-8-15(9-7-13)14-4-3-5-14/h6-9,14,24H,3-5,10-12H2,1-2H3,(H,22,27)(H,25,26). The van der Waals surface area contributed by atoms with Crippen LogP contribution in [-0.2, 0) is 20.9 Å². The minimum absolute atomic E-state index is 0.120. The molecule has 2 amide bonds. The van der Waals surface area contributed by atoms with Crippen LogP contribution in [0.15, 0.2) is 35.6 Å². The third kappa shape index (κ3) is 4.03. The van der Waals surface area contributed by atoms with Crippen molar-refractivity contribution in [3.05, 3.63) is 46.7 Å². The molecule has 28 heavy (non-hydrogen) atoms. The van der Waals surface area contributed by atoms with Gasteiger partial charge in [0.15, 0.2) is 0 Å². The van der Waals surface area contributed by atoms with Crippen molar-refractivity contribution < 1.29 is 24.6 Å². The third-order valence-corrected chi connectivity index (χ3v) is 5.60. The largest absolute Gasteiger partial charge is 0.511 e. The van der Waals surface area contributed by atoms with Crippen LogP contribution >= 0.6 is 0 Å². The molecule has 1 saturated carbocycles. The Balaban J connectivity index is 1.78. The molecule has 150 valence electrons. The van der Waals surface area contributed by atoms with Gasteiger partial charge in [0.2, 0.25) is 0 Å². The fraction of sp³-hybridized carbons (Fsp3) is 0.476. The van der Waals surface area contributed by atoms with E-state index in [2.05, 4.69) is 17.4 Å². The molecule has 3 rings (SSSR count). The fourth-order valence-electron chi connectivity index (χ4n) is 3.70. The summed E-state index contributed by atoms with van der Waals surface area (Å²) < 4.78 is 0. The highest BCUT2D eigenvalue weighted by Crippen LogP contribution is 2.37. The summed E-state index contributed by atoms with van der Waals surface area (Å²) in [7, 11) is 0. The number of carbonyl (C=O) groups excluding carboxylic acids is 2. The monoisotopic (exact) mass is 386 g/mol. The van der Waals surface area contributed by atoms with Crippen molar-refractivity contribution in [2.24, 2.45) is 0 Å². The molecule has 3 N–H and O–H groups in total. The lowest BCUT2D eigenvalue weighted by Crippen LogP contribution is -2.53. The second-order valence-corrected chi connectivity index (χ2v) is 8.15. The van der Waals surface area contributed by atoms with E-state index in [4.69, 9.17) is 5.11 Å². The van der Waals surface area contributed by atoms with Crippen LogP contribution in [0.4, 0.5) is 0 Å². The number of benzene rings is 1. The zero-order valence-electron chi connectivity index (χ0n) is 16.2. The number of nitrogens with zero attached hydrogens (tertiary/aromatic N) is 1. The summed E-state index contributed by atoms with van der Waals surface area (Å²) in [5, 5.41) is 21.1. The van der Waals surface area contributed by atoms with Crippen molar-refractivity contribution in [3.63, 3.8) is 0 Å². The van der Waals surface area contributed by atoms with Crippen LogP contribution < -0.4 is 5.32 Å². The van der Waals surface area contributed by atoms with Gasteiger partial charge in [0.1, 0.15) is 17.9 Å².